The minimum Gasteiger partial charge on any atom is -0.303 e. The van der Waals surface area contributed by atoms with Crippen molar-refractivity contribution in [2.24, 2.45) is 0 Å². The zero-order valence-electron chi connectivity index (χ0n) is 3.42. The molecule has 0 bridgehead atoms. The predicted molar refractivity (Wildman–Crippen MR) is 17.5 cm³/mol. The maximum absolute atomic E-state index is 8.88. The van der Waals surface area contributed by atoms with Crippen molar-refractivity contribution in [3.63, 3.8) is 0 Å². The minimum absolute atomic E-state index is 3.50. The molecule has 0 saturated heterocycles. The number of hydrogen-bond donors (Lipinski definition) is 3. The molecule has 50 valence electrons. The highest BCUT2D eigenvalue weighted by Gasteiger charge is 2.00. The van der Waals surface area contributed by atoms with Crippen LogP contribution in [0.4, 0.5) is 0 Å². The van der Waals surface area contributed by atoms with Gasteiger partial charge in [-0.1, -0.05) is 0 Å². The molecular weight excluding hydrogens is 143 g/mol. The zero-order valence-corrected chi connectivity index (χ0v) is 4.32. The molecule has 1 aromatic rings. The first-order chi connectivity index (χ1) is 3.50. The highest BCUT2D eigenvalue weighted by atomic mass is 31.2. The summed E-state index contributed by atoms with van der Waals surface area (Å²) in [5, 5.41) is 0. The third-order valence-electron chi connectivity index (χ3n) is 0.0680. The van der Waals surface area contributed by atoms with E-state index in [-0.39, 0.29) is 0 Å². The molecule has 3 N–H and O–H groups in total. The van der Waals surface area contributed by atoms with E-state index in [1.54, 1.807) is 0 Å². The molecule has 0 unspecified atom stereocenters. The van der Waals surface area contributed by atoms with Crippen LogP contribution in [0.2, 0.25) is 0 Å². The molecular formula is H3O7P. The van der Waals surface area contributed by atoms with Gasteiger partial charge in [0.2, 0.25) is 0 Å². The molecule has 8 heavy (non-hydrogen) atoms. The van der Waals surface area contributed by atoms with Crippen LogP contribution in [0.5, 0.6) is 0 Å². The second-order valence-corrected chi connectivity index (χ2v) is 1.74. The molecule has 1 aromatic heterocycles. The Morgan fingerprint density at radius 3 is 1.12 bits per heavy atom. The van der Waals surface area contributed by atoms with Crippen molar-refractivity contribution in [3.8, 4) is 0 Å². The number of rotatable bonds is 0. The van der Waals surface area contributed by atoms with Crippen LogP contribution >= 0.6 is 7.82 Å². The lowest BCUT2D eigenvalue weighted by Crippen LogP contribution is -1.66. The van der Waals surface area contributed by atoms with Crippen LogP contribution in [0, 0.1) is 0 Å². The Hall–Kier alpha value is -0.490. The highest BCUT2D eigenvalue weighted by Crippen LogP contribution is 2.25. The van der Waals surface area contributed by atoms with Crippen molar-refractivity contribution in [1.82, 2.24) is 0 Å². The second kappa shape index (κ2) is 2.73. The molecule has 1 heterocycles. The second-order valence-electron chi connectivity index (χ2n) is 0.717. The number of phosphoric acid groups is 1. The standard InChI is InChI=1S/H3O4P.O3/c1-5(2,3)4;1-2-3-1/h(H3,1,2,3,4);. The van der Waals surface area contributed by atoms with Gasteiger partial charge in [0.25, 0.3) is 0 Å². The van der Waals surface area contributed by atoms with Gasteiger partial charge in [-0.05, 0) is 0 Å². The van der Waals surface area contributed by atoms with Gasteiger partial charge in [0, 0.05) is 14.2 Å². The average molecular weight is 146 g/mol. The predicted octanol–water partition coefficient (Wildman–Crippen LogP) is -0.463. The Balaban J connectivity index is 0.000000135. The number of hydrogen-bond acceptors (Lipinski definition) is 4. The molecule has 0 aliphatic heterocycles. The summed E-state index contributed by atoms with van der Waals surface area (Å²) in [7, 11) is -4.64. The van der Waals surface area contributed by atoms with Crippen LogP contribution < -0.4 is 0 Å². The summed E-state index contributed by atoms with van der Waals surface area (Å²) in [6, 6.07) is 0. The summed E-state index contributed by atoms with van der Waals surface area (Å²) >= 11 is 0. The fourth-order valence-corrected chi connectivity index (χ4v) is 0. The summed E-state index contributed by atoms with van der Waals surface area (Å²) in [5.74, 6) is 0. The Labute approximate surface area is 42.5 Å². The van der Waals surface area contributed by atoms with E-state index in [9.17, 15) is 0 Å². The first-order valence-electron chi connectivity index (χ1n) is 1.28. The third-order valence-corrected chi connectivity index (χ3v) is 0.0680. The van der Waals surface area contributed by atoms with Crippen molar-refractivity contribution < 1.29 is 33.5 Å². The molecule has 0 aliphatic carbocycles. The molecule has 0 saturated carbocycles. The maximum atomic E-state index is 8.88. The summed E-state index contributed by atoms with van der Waals surface area (Å²) in [6.45, 7) is 0. The van der Waals surface area contributed by atoms with Crippen molar-refractivity contribution in [2.45, 2.75) is 0 Å². The molecule has 0 fully saturated rings. The van der Waals surface area contributed by atoms with Crippen molar-refractivity contribution >= 4 is 7.82 Å². The third kappa shape index (κ3) is 431. The lowest BCUT2D eigenvalue weighted by Gasteiger charge is -1.82. The lowest BCUT2D eigenvalue weighted by molar-refractivity contribution is 0.264. The molecule has 0 atom stereocenters. The van der Waals surface area contributed by atoms with E-state index < -0.39 is 7.82 Å². The van der Waals surface area contributed by atoms with Gasteiger partial charge in [0.05, 0.1) is 0 Å². The SMILES string of the molecule is O=P(O)(O)O.o1oo1. The van der Waals surface area contributed by atoms with Gasteiger partial charge in [-0.2, -0.15) is 0 Å². The van der Waals surface area contributed by atoms with Crippen LogP contribution in [0.15, 0.2) is 14.2 Å². The zero-order chi connectivity index (χ0) is 6.62. The Morgan fingerprint density at radius 2 is 1.12 bits per heavy atom. The van der Waals surface area contributed by atoms with Crippen LogP contribution in [0.25, 0.3) is 0 Å². The molecule has 0 aromatic carbocycles. The van der Waals surface area contributed by atoms with E-state index >= 15 is 0 Å². The largest absolute Gasteiger partial charge is 0.466 e. The van der Waals surface area contributed by atoms with Crippen LogP contribution in [0.1, 0.15) is 0 Å². The molecule has 0 radical (unpaired) electrons. The van der Waals surface area contributed by atoms with Gasteiger partial charge in [-0.25, -0.2) is 4.57 Å². The van der Waals surface area contributed by atoms with E-state index in [0.717, 1.165) is 0 Å². The Morgan fingerprint density at radius 1 is 1.00 bits per heavy atom. The van der Waals surface area contributed by atoms with E-state index in [2.05, 4.69) is 14.2 Å². The first-order valence-corrected chi connectivity index (χ1v) is 2.85. The van der Waals surface area contributed by atoms with E-state index in [0.29, 0.717) is 0 Å². The lowest BCUT2D eigenvalue weighted by atomic mass is 15.2. The fraction of sp³-hybridized carbons (Fsp3) is 0. The smallest absolute Gasteiger partial charge is 0.303 e. The molecule has 7 nitrogen and oxygen atoms in total. The van der Waals surface area contributed by atoms with Gasteiger partial charge >= 0.3 is 7.82 Å². The maximum Gasteiger partial charge on any atom is 0.466 e. The molecule has 0 amide bonds. The van der Waals surface area contributed by atoms with Gasteiger partial charge in [0.15, 0.2) is 0 Å². The fourth-order valence-electron chi connectivity index (χ4n) is 0. The molecule has 1 rings (SSSR count). The van der Waals surface area contributed by atoms with E-state index in [1.165, 1.54) is 0 Å². The van der Waals surface area contributed by atoms with Crippen LogP contribution in [0.3, 0.4) is 0 Å². The monoisotopic (exact) mass is 146 g/mol. The normalized spacial score (nSPS) is 10.4. The van der Waals surface area contributed by atoms with Gasteiger partial charge in [-0.3, -0.25) is 0 Å². The van der Waals surface area contributed by atoms with E-state index in [4.69, 9.17) is 19.2 Å². The van der Waals surface area contributed by atoms with Crippen LogP contribution in [-0.2, 0) is 4.57 Å². The van der Waals surface area contributed by atoms with Gasteiger partial charge in [0.1, 0.15) is 0 Å². The summed E-state index contributed by atoms with van der Waals surface area (Å²) in [4.78, 5) is 21.6. The van der Waals surface area contributed by atoms with Gasteiger partial charge < -0.3 is 14.7 Å². The quantitative estimate of drug-likeness (QED) is 0.334. The van der Waals surface area contributed by atoms with Crippen molar-refractivity contribution in [1.29, 1.82) is 0 Å². The first kappa shape index (κ1) is 7.51. The molecule has 0 spiro atoms. The average Bonchev–Trinajstić information content (AvgIpc) is 1.95. The highest BCUT2D eigenvalue weighted by molar-refractivity contribution is 7.45. The minimum atomic E-state index is -4.64. The summed E-state index contributed by atoms with van der Waals surface area (Å²) < 4.78 is 19.4. The van der Waals surface area contributed by atoms with E-state index in [1.807, 2.05) is 0 Å². The van der Waals surface area contributed by atoms with Crippen LogP contribution in [-0.4, -0.2) is 14.7 Å². The molecule has 0 aliphatic rings. The Kier molecular flexibility index (Phi) is 2.56. The van der Waals surface area contributed by atoms with Crippen molar-refractivity contribution in [3.05, 3.63) is 0 Å². The van der Waals surface area contributed by atoms with Crippen molar-refractivity contribution in [2.75, 3.05) is 0 Å². The summed E-state index contributed by atoms with van der Waals surface area (Å²) in [5.41, 5.74) is 0. The summed E-state index contributed by atoms with van der Waals surface area (Å²) in [6.07, 6.45) is 0. The molecule has 8 heteroatoms. The van der Waals surface area contributed by atoms with Gasteiger partial charge in [-0.15, -0.1) is 0 Å². The Bertz CT molecular complexity index is 114. The topological polar surface area (TPSA) is 117 Å².